The molecule has 0 aliphatic rings. The molecule has 9 heteroatoms. The fourth-order valence-corrected chi connectivity index (χ4v) is 3.59. The molecule has 8 nitrogen and oxygen atoms in total. The monoisotopic (exact) mass is 431 g/mol. The SMILES string of the molecule is CCOc1ccc2nc(NC(=O)C(Cc3ccco3)NC(=O)OC(C)(C)C)sc2c1. The molecule has 3 aromatic rings. The zero-order valence-electron chi connectivity index (χ0n) is 17.4. The number of benzene rings is 1. The van der Waals surface area contributed by atoms with Crippen molar-refractivity contribution >= 4 is 38.7 Å². The van der Waals surface area contributed by atoms with Crippen LogP contribution < -0.4 is 15.4 Å². The maximum Gasteiger partial charge on any atom is 0.408 e. The van der Waals surface area contributed by atoms with Crippen LogP contribution in [0.25, 0.3) is 10.2 Å². The number of hydrogen-bond acceptors (Lipinski definition) is 7. The van der Waals surface area contributed by atoms with Crippen molar-refractivity contribution in [3.8, 4) is 5.75 Å². The third kappa shape index (κ3) is 5.96. The highest BCUT2D eigenvalue weighted by Gasteiger charge is 2.26. The standard InChI is InChI=1S/C21H25N3O5S/c1-5-27-14-8-9-15-17(12-14)30-19(22-15)24-18(25)16(11-13-7-6-10-28-13)23-20(26)29-21(2,3)4/h6-10,12,16H,5,11H2,1-4H3,(H,23,26)(H,22,24,25). The van der Waals surface area contributed by atoms with E-state index in [1.165, 1.54) is 17.6 Å². The third-order valence-corrected chi connectivity index (χ3v) is 4.83. The molecule has 3 rings (SSSR count). The average molecular weight is 432 g/mol. The Morgan fingerprint density at radius 2 is 2.07 bits per heavy atom. The van der Waals surface area contributed by atoms with Gasteiger partial charge in [0.2, 0.25) is 5.91 Å². The van der Waals surface area contributed by atoms with E-state index in [9.17, 15) is 9.59 Å². The van der Waals surface area contributed by atoms with Crippen molar-refractivity contribution in [3.05, 3.63) is 42.4 Å². The van der Waals surface area contributed by atoms with E-state index in [-0.39, 0.29) is 6.42 Å². The Hall–Kier alpha value is -3.07. The highest BCUT2D eigenvalue weighted by molar-refractivity contribution is 7.22. The first-order valence-electron chi connectivity index (χ1n) is 9.59. The van der Waals surface area contributed by atoms with E-state index in [0.717, 1.165) is 16.0 Å². The maximum absolute atomic E-state index is 12.9. The second kappa shape index (κ2) is 9.17. The number of carbonyl (C=O) groups is 2. The van der Waals surface area contributed by atoms with Crippen molar-refractivity contribution in [2.75, 3.05) is 11.9 Å². The molecule has 160 valence electrons. The lowest BCUT2D eigenvalue weighted by atomic mass is 10.1. The summed E-state index contributed by atoms with van der Waals surface area (Å²) in [6.45, 7) is 7.75. The number of nitrogens with one attached hydrogen (secondary N) is 2. The molecule has 0 radical (unpaired) electrons. The molecule has 2 aromatic heterocycles. The van der Waals surface area contributed by atoms with Crippen LogP contribution in [0.15, 0.2) is 41.0 Å². The van der Waals surface area contributed by atoms with Gasteiger partial charge in [0.05, 0.1) is 23.1 Å². The number of thiazole rings is 1. The zero-order chi connectivity index (χ0) is 21.7. The van der Waals surface area contributed by atoms with Crippen molar-refractivity contribution in [1.29, 1.82) is 0 Å². The number of aromatic nitrogens is 1. The minimum Gasteiger partial charge on any atom is -0.494 e. The van der Waals surface area contributed by atoms with Crippen LogP contribution in [-0.2, 0) is 16.0 Å². The largest absolute Gasteiger partial charge is 0.494 e. The summed E-state index contributed by atoms with van der Waals surface area (Å²) in [5.74, 6) is 0.895. The van der Waals surface area contributed by atoms with Gasteiger partial charge in [0.15, 0.2) is 5.13 Å². The Kier molecular flexibility index (Phi) is 6.61. The number of nitrogens with zero attached hydrogens (tertiary/aromatic N) is 1. The second-order valence-corrected chi connectivity index (χ2v) is 8.58. The highest BCUT2D eigenvalue weighted by atomic mass is 32.1. The van der Waals surface area contributed by atoms with Crippen molar-refractivity contribution in [2.45, 2.75) is 45.8 Å². The third-order valence-electron chi connectivity index (χ3n) is 3.89. The van der Waals surface area contributed by atoms with E-state index in [4.69, 9.17) is 13.9 Å². The summed E-state index contributed by atoms with van der Waals surface area (Å²) in [5.41, 5.74) is 0.0719. The fourth-order valence-electron chi connectivity index (χ4n) is 2.70. The quantitative estimate of drug-likeness (QED) is 0.576. The van der Waals surface area contributed by atoms with Crippen LogP contribution >= 0.6 is 11.3 Å². The van der Waals surface area contributed by atoms with Gasteiger partial charge < -0.3 is 24.5 Å². The first kappa shape index (κ1) is 21.6. The molecule has 0 saturated heterocycles. The van der Waals surface area contributed by atoms with Gasteiger partial charge in [0, 0.05) is 6.42 Å². The molecule has 0 fully saturated rings. The number of anilines is 1. The molecule has 1 unspecified atom stereocenters. The molecular formula is C21H25N3O5S. The topological polar surface area (TPSA) is 103 Å². The zero-order valence-corrected chi connectivity index (χ0v) is 18.2. The van der Waals surface area contributed by atoms with Gasteiger partial charge in [-0.2, -0.15) is 0 Å². The van der Waals surface area contributed by atoms with Gasteiger partial charge in [-0.15, -0.1) is 0 Å². The Bertz CT molecular complexity index is 1010. The normalized spacial score (nSPS) is 12.4. The molecule has 30 heavy (non-hydrogen) atoms. The van der Waals surface area contributed by atoms with Crippen molar-refractivity contribution in [2.24, 2.45) is 0 Å². The van der Waals surface area contributed by atoms with Crippen molar-refractivity contribution in [3.63, 3.8) is 0 Å². The van der Waals surface area contributed by atoms with Crippen LogP contribution in [0.4, 0.5) is 9.93 Å². The van der Waals surface area contributed by atoms with Crippen molar-refractivity contribution in [1.82, 2.24) is 10.3 Å². The van der Waals surface area contributed by atoms with Gasteiger partial charge in [-0.05, 0) is 58.0 Å². The van der Waals surface area contributed by atoms with E-state index in [1.54, 1.807) is 32.9 Å². The lowest BCUT2D eigenvalue weighted by Crippen LogP contribution is -2.47. The van der Waals surface area contributed by atoms with Crippen LogP contribution in [-0.4, -0.2) is 35.2 Å². The first-order valence-corrected chi connectivity index (χ1v) is 10.4. The predicted octanol–water partition coefficient (Wildman–Crippen LogP) is 4.36. The van der Waals surface area contributed by atoms with Gasteiger partial charge in [-0.1, -0.05) is 11.3 Å². The second-order valence-electron chi connectivity index (χ2n) is 7.55. The number of carbonyl (C=O) groups excluding carboxylic acids is 2. The molecule has 1 aromatic carbocycles. The number of alkyl carbamates (subject to hydrolysis) is 1. The summed E-state index contributed by atoms with van der Waals surface area (Å²) in [6.07, 6.45) is 1.01. The van der Waals surface area contributed by atoms with Crippen LogP contribution in [0.5, 0.6) is 5.75 Å². The molecule has 0 spiro atoms. The maximum atomic E-state index is 12.9. The lowest BCUT2D eigenvalue weighted by molar-refractivity contribution is -0.118. The minimum absolute atomic E-state index is 0.178. The summed E-state index contributed by atoms with van der Waals surface area (Å²) < 4.78 is 17.0. The summed E-state index contributed by atoms with van der Waals surface area (Å²) in [4.78, 5) is 29.6. The Labute approximate surface area is 178 Å². The van der Waals surface area contributed by atoms with Gasteiger partial charge in [0.25, 0.3) is 0 Å². The average Bonchev–Trinajstić information content (AvgIpc) is 3.28. The number of ether oxygens (including phenoxy) is 2. The van der Waals surface area contributed by atoms with E-state index < -0.39 is 23.6 Å². The summed E-state index contributed by atoms with van der Waals surface area (Å²) >= 11 is 1.33. The van der Waals surface area contributed by atoms with Crippen LogP contribution in [0, 0.1) is 0 Å². The molecule has 1 atom stereocenters. The Morgan fingerprint density at radius 1 is 1.27 bits per heavy atom. The predicted molar refractivity (Wildman–Crippen MR) is 115 cm³/mol. The fraction of sp³-hybridized carbons (Fsp3) is 0.381. The number of hydrogen-bond donors (Lipinski definition) is 2. The lowest BCUT2D eigenvalue weighted by Gasteiger charge is -2.22. The van der Waals surface area contributed by atoms with E-state index >= 15 is 0 Å². The highest BCUT2D eigenvalue weighted by Crippen LogP contribution is 2.29. The molecule has 0 aliphatic heterocycles. The first-order chi connectivity index (χ1) is 14.2. The molecule has 2 N–H and O–H groups in total. The van der Waals surface area contributed by atoms with Gasteiger partial charge in [0.1, 0.15) is 23.2 Å². The molecule has 0 aliphatic carbocycles. The van der Waals surface area contributed by atoms with E-state index in [2.05, 4.69) is 15.6 Å². The Balaban J connectivity index is 1.74. The number of fused-ring (bicyclic) bond motifs is 1. The van der Waals surface area contributed by atoms with Gasteiger partial charge in [-0.3, -0.25) is 4.79 Å². The Morgan fingerprint density at radius 3 is 2.73 bits per heavy atom. The molecule has 0 saturated carbocycles. The number of amides is 2. The summed E-state index contributed by atoms with van der Waals surface area (Å²) in [6, 6.07) is 8.13. The van der Waals surface area contributed by atoms with Gasteiger partial charge in [-0.25, -0.2) is 9.78 Å². The molecular weight excluding hydrogens is 406 g/mol. The molecule has 2 heterocycles. The van der Waals surface area contributed by atoms with Crippen LogP contribution in [0.3, 0.4) is 0 Å². The number of rotatable bonds is 7. The van der Waals surface area contributed by atoms with Crippen molar-refractivity contribution < 1.29 is 23.5 Å². The van der Waals surface area contributed by atoms with E-state index in [1.807, 2.05) is 25.1 Å². The summed E-state index contributed by atoms with van der Waals surface area (Å²) in [5, 5.41) is 5.82. The van der Waals surface area contributed by atoms with Crippen LogP contribution in [0.1, 0.15) is 33.5 Å². The minimum atomic E-state index is -0.892. The molecule has 0 bridgehead atoms. The van der Waals surface area contributed by atoms with E-state index in [0.29, 0.717) is 17.5 Å². The number of furan rings is 1. The smallest absolute Gasteiger partial charge is 0.408 e. The summed E-state index contributed by atoms with van der Waals surface area (Å²) in [7, 11) is 0. The molecule has 2 amide bonds. The van der Waals surface area contributed by atoms with Gasteiger partial charge >= 0.3 is 6.09 Å². The van der Waals surface area contributed by atoms with Crippen LogP contribution in [0.2, 0.25) is 0 Å².